The molecule has 88 valence electrons. The van der Waals surface area contributed by atoms with E-state index in [1.54, 1.807) is 0 Å². The molecule has 0 amide bonds. The third kappa shape index (κ3) is 3.44. The summed E-state index contributed by atoms with van der Waals surface area (Å²) in [5.74, 6) is 0.814. The molecule has 0 heterocycles. The molecule has 0 aromatic carbocycles. The van der Waals surface area contributed by atoms with Gasteiger partial charge in [-0.3, -0.25) is 0 Å². The molecule has 0 aliphatic heterocycles. The number of hydrogen-bond acceptors (Lipinski definition) is 3. The van der Waals surface area contributed by atoms with Crippen molar-refractivity contribution in [3.05, 3.63) is 0 Å². The second kappa shape index (κ2) is 5.28. The molecule has 2 saturated carbocycles. The molecular formula is C12H23NO2. The summed E-state index contributed by atoms with van der Waals surface area (Å²) in [7, 11) is 0. The first-order valence-electron chi connectivity index (χ1n) is 6.26. The lowest BCUT2D eigenvalue weighted by molar-refractivity contribution is -0.152. The van der Waals surface area contributed by atoms with Gasteiger partial charge in [0.05, 0.1) is 12.2 Å². The van der Waals surface area contributed by atoms with Gasteiger partial charge in [-0.1, -0.05) is 19.3 Å². The van der Waals surface area contributed by atoms with Crippen LogP contribution in [0.5, 0.6) is 0 Å². The Morgan fingerprint density at radius 1 is 1.13 bits per heavy atom. The molecule has 2 fully saturated rings. The maximum absolute atomic E-state index is 5.85. The van der Waals surface area contributed by atoms with Crippen molar-refractivity contribution in [2.24, 2.45) is 11.7 Å². The average Bonchev–Trinajstić information content (AvgIpc) is 3.10. The van der Waals surface area contributed by atoms with Gasteiger partial charge >= 0.3 is 0 Å². The normalized spacial score (nSPS) is 25.4. The summed E-state index contributed by atoms with van der Waals surface area (Å²) in [6, 6.07) is 0. The minimum atomic E-state index is -0.0677. The van der Waals surface area contributed by atoms with Crippen molar-refractivity contribution in [2.75, 3.05) is 19.9 Å². The van der Waals surface area contributed by atoms with E-state index >= 15 is 0 Å². The largest absolute Gasteiger partial charge is 0.355 e. The van der Waals surface area contributed by atoms with Gasteiger partial charge in [-0.05, 0) is 31.6 Å². The molecule has 3 nitrogen and oxygen atoms in total. The summed E-state index contributed by atoms with van der Waals surface area (Å²) < 4.78 is 11.4. The molecule has 0 aromatic rings. The lowest BCUT2D eigenvalue weighted by Crippen LogP contribution is -2.43. The fourth-order valence-electron chi connectivity index (χ4n) is 2.27. The van der Waals surface area contributed by atoms with Gasteiger partial charge in [0.15, 0.2) is 0 Å². The Bertz CT molecular complexity index is 186. The first-order valence-corrected chi connectivity index (χ1v) is 6.26. The van der Waals surface area contributed by atoms with E-state index in [0.29, 0.717) is 13.3 Å². The molecule has 0 unspecified atom stereocenters. The minimum Gasteiger partial charge on any atom is -0.355 e. The summed E-state index contributed by atoms with van der Waals surface area (Å²) in [6.07, 6.45) is 8.71. The number of ether oxygens (including phenoxy) is 2. The van der Waals surface area contributed by atoms with Gasteiger partial charge in [0.2, 0.25) is 0 Å². The second-order valence-electron chi connectivity index (χ2n) is 5.02. The molecule has 15 heavy (non-hydrogen) atoms. The van der Waals surface area contributed by atoms with E-state index in [1.807, 2.05) is 0 Å². The summed E-state index contributed by atoms with van der Waals surface area (Å²) in [5.41, 5.74) is 5.74. The molecule has 0 saturated heterocycles. The van der Waals surface area contributed by atoms with Crippen LogP contribution in [0.3, 0.4) is 0 Å². The molecule has 0 aromatic heterocycles. The molecule has 0 spiro atoms. The lowest BCUT2D eigenvalue weighted by atomic mass is 9.85. The van der Waals surface area contributed by atoms with Gasteiger partial charge in [0.1, 0.15) is 6.79 Å². The van der Waals surface area contributed by atoms with Crippen LogP contribution >= 0.6 is 0 Å². The highest BCUT2D eigenvalue weighted by Gasteiger charge is 2.31. The van der Waals surface area contributed by atoms with Gasteiger partial charge in [-0.25, -0.2) is 0 Å². The van der Waals surface area contributed by atoms with E-state index < -0.39 is 0 Å². The van der Waals surface area contributed by atoms with Crippen LogP contribution < -0.4 is 5.73 Å². The zero-order valence-corrected chi connectivity index (χ0v) is 9.54. The Morgan fingerprint density at radius 2 is 1.87 bits per heavy atom. The average molecular weight is 213 g/mol. The Labute approximate surface area is 92.3 Å². The number of nitrogens with two attached hydrogens (primary N) is 1. The van der Waals surface area contributed by atoms with Crippen LogP contribution in [-0.2, 0) is 9.47 Å². The molecular weight excluding hydrogens is 190 g/mol. The standard InChI is InChI=1S/C12H23NO2/c13-9-12(6-2-1-3-7-12)15-10-14-8-11-4-5-11/h11H,1-10,13H2. The molecule has 2 aliphatic carbocycles. The molecule has 2 rings (SSSR count). The quantitative estimate of drug-likeness (QED) is 0.542. The summed E-state index contributed by atoms with van der Waals surface area (Å²) >= 11 is 0. The van der Waals surface area contributed by atoms with Crippen LogP contribution in [0.1, 0.15) is 44.9 Å². The van der Waals surface area contributed by atoms with Gasteiger partial charge in [-0.2, -0.15) is 0 Å². The van der Waals surface area contributed by atoms with Crippen molar-refractivity contribution in [1.82, 2.24) is 0 Å². The summed E-state index contributed by atoms with van der Waals surface area (Å²) in [6.45, 7) is 1.95. The zero-order chi connectivity index (χ0) is 10.6. The SMILES string of the molecule is NCC1(OCOCC2CC2)CCCCC1. The molecule has 0 bridgehead atoms. The van der Waals surface area contributed by atoms with E-state index in [9.17, 15) is 0 Å². The highest BCUT2D eigenvalue weighted by atomic mass is 16.7. The van der Waals surface area contributed by atoms with E-state index in [4.69, 9.17) is 15.2 Å². The molecule has 0 radical (unpaired) electrons. The van der Waals surface area contributed by atoms with Crippen molar-refractivity contribution in [1.29, 1.82) is 0 Å². The highest BCUT2D eigenvalue weighted by molar-refractivity contribution is 4.85. The van der Waals surface area contributed by atoms with Crippen LogP contribution in [0.15, 0.2) is 0 Å². The van der Waals surface area contributed by atoms with Crippen molar-refractivity contribution >= 4 is 0 Å². The summed E-state index contributed by atoms with van der Waals surface area (Å²) in [4.78, 5) is 0. The van der Waals surface area contributed by atoms with Gasteiger partial charge in [0.25, 0.3) is 0 Å². The monoisotopic (exact) mass is 213 g/mol. The first-order chi connectivity index (χ1) is 7.35. The van der Waals surface area contributed by atoms with E-state index in [2.05, 4.69) is 0 Å². The highest BCUT2D eigenvalue weighted by Crippen LogP contribution is 2.31. The third-order valence-electron chi connectivity index (χ3n) is 3.64. The zero-order valence-electron chi connectivity index (χ0n) is 9.54. The second-order valence-corrected chi connectivity index (χ2v) is 5.02. The Balaban J connectivity index is 1.64. The Kier molecular flexibility index (Phi) is 4.00. The molecule has 3 heteroatoms. The predicted molar refractivity (Wildman–Crippen MR) is 59.5 cm³/mol. The van der Waals surface area contributed by atoms with Crippen molar-refractivity contribution in [2.45, 2.75) is 50.5 Å². The fraction of sp³-hybridized carbons (Fsp3) is 1.00. The fourth-order valence-corrected chi connectivity index (χ4v) is 2.27. The number of rotatable bonds is 6. The van der Waals surface area contributed by atoms with Crippen LogP contribution in [-0.4, -0.2) is 25.5 Å². The van der Waals surface area contributed by atoms with Crippen molar-refractivity contribution in [3.8, 4) is 0 Å². The van der Waals surface area contributed by atoms with Crippen LogP contribution in [0.25, 0.3) is 0 Å². The van der Waals surface area contributed by atoms with E-state index in [1.165, 1.54) is 32.1 Å². The van der Waals surface area contributed by atoms with E-state index in [0.717, 1.165) is 25.4 Å². The number of hydrogen-bond donors (Lipinski definition) is 1. The molecule has 2 aliphatic rings. The van der Waals surface area contributed by atoms with Crippen LogP contribution in [0, 0.1) is 5.92 Å². The van der Waals surface area contributed by atoms with Gasteiger partial charge in [0, 0.05) is 6.54 Å². The van der Waals surface area contributed by atoms with Crippen molar-refractivity contribution in [3.63, 3.8) is 0 Å². The minimum absolute atomic E-state index is 0.0677. The Morgan fingerprint density at radius 3 is 2.47 bits per heavy atom. The molecule has 0 atom stereocenters. The smallest absolute Gasteiger partial charge is 0.147 e. The maximum atomic E-state index is 5.85. The molecule has 2 N–H and O–H groups in total. The first kappa shape index (κ1) is 11.4. The van der Waals surface area contributed by atoms with Crippen molar-refractivity contribution < 1.29 is 9.47 Å². The van der Waals surface area contributed by atoms with Crippen LogP contribution in [0.2, 0.25) is 0 Å². The summed E-state index contributed by atoms with van der Waals surface area (Å²) in [5, 5.41) is 0. The lowest BCUT2D eigenvalue weighted by Gasteiger charge is -2.35. The Hall–Kier alpha value is -0.120. The van der Waals surface area contributed by atoms with Gasteiger partial charge < -0.3 is 15.2 Å². The van der Waals surface area contributed by atoms with Gasteiger partial charge in [-0.15, -0.1) is 0 Å². The topological polar surface area (TPSA) is 44.5 Å². The predicted octanol–water partition coefficient (Wildman–Crippen LogP) is 2.05. The third-order valence-corrected chi connectivity index (χ3v) is 3.64. The van der Waals surface area contributed by atoms with Crippen LogP contribution in [0.4, 0.5) is 0 Å². The maximum Gasteiger partial charge on any atom is 0.147 e. The van der Waals surface area contributed by atoms with E-state index in [-0.39, 0.29) is 5.60 Å².